The normalized spacial score (nSPS) is 15.2. The van der Waals surface area contributed by atoms with Crippen LogP contribution in [-0.4, -0.2) is 85.4 Å². The Balaban J connectivity index is 1.90. The van der Waals surface area contributed by atoms with E-state index in [-0.39, 0.29) is 19.5 Å². The summed E-state index contributed by atoms with van der Waals surface area (Å²) >= 11 is 0. The van der Waals surface area contributed by atoms with Gasteiger partial charge in [0.05, 0.1) is 6.10 Å². The Hall–Kier alpha value is -2.40. The van der Waals surface area contributed by atoms with Crippen LogP contribution in [0.25, 0.3) is 0 Å². The summed E-state index contributed by atoms with van der Waals surface area (Å²) in [5, 5.41) is 15.3. The van der Waals surface area contributed by atoms with Gasteiger partial charge in [0, 0.05) is 44.3 Å². The number of pyridine rings is 1. The first kappa shape index (κ1) is 30.8. The molecule has 0 saturated heterocycles. The maximum atomic E-state index is 13.3. The summed E-state index contributed by atoms with van der Waals surface area (Å²) in [4.78, 5) is 30.6. The van der Waals surface area contributed by atoms with Crippen molar-refractivity contribution < 1.29 is 32.6 Å². The van der Waals surface area contributed by atoms with Crippen LogP contribution in [0.2, 0.25) is 0 Å². The van der Waals surface area contributed by atoms with E-state index in [0.717, 1.165) is 50.2 Å². The van der Waals surface area contributed by atoms with E-state index in [0.29, 0.717) is 6.54 Å². The van der Waals surface area contributed by atoms with Crippen LogP contribution in [0, 0.1) is 5.41 Å². The van der Waals surface area contributed by atoms with Crippen LogP contribution in [0.15, 0.2) is 12.1 Å². The second kappa shape index (κ2) is 15.1. The van der Waals surface area contributed by atoms with Gasteiger partial charge in [-0.15, -0.1) is 0 Å². The first-order valence-electron chi connectivity index (χ1n) is 12.9. The number of halogens is 3. The van der Waals surface area contributed by atoms with Crippen LogP contribution in [0.5, 0.6) is 0 Å². The number of nitrogens with one attached hydrogen (secondary N) is 2. The van der Waals surface area contributed by atoms with E-state index < -0.39 is 49.0 Å². The van der Waals surface area contributed by atoms with E-state index in [9.17, 15) is 27.9 Å². The van der Waals surface area contributed by atoms with Gasteiger partial charge in [-0.1, -0.05) is 19.9 Å². The number of aryl methyl sites for hydroxylation is 2. The molecule has 0 aliphatic carbocycles. The van der Waals surface area contributed by atoms with Gasteiger partial charge in [0.25, 0.3) is 0 Å². The Morgan fingerprint density at radius 1 is 1.27 bits per heavy atom. The molecule has 0 aromatic carbocycles. The highest BCUT2D eigenvalue weighted by molar-refractivity contribution is 5.83. The number of rotatable bonds is 17. The highest BCUT2D eigenvalue weighted by atomic mass is 19.3. The number of fused-ring (bicyclic) bond motifs is 1. The number of methoxy groups -OCH3 is 1. The zero-order valence-electron chi connectivity index (χ0n) is 22.1. The van der Waals surface area contributed by atoms with Crippen LogP contribution in [0.3, 0.4) is 0 Å². The Labute approximate surface area is 217 Å². The van der Waals surface area contributed by atoms with Crippen molar-refractivity contribution in [2.45, 2.75) is 77.4 Å². The monoisotopic (exact) mass is 530 g/mol. The second-order valence-corrected chi connectivity index (χ2v) is 10.3. The maximum absolute atomic E-state index is 13.3. The van der Waals surface area contributed by atoms with Crippen LogP contribution in [0.4, 0.5) is 19.0 Å². The van der Waals surface area contributed by atoms with Gasteiger partial charge in [0.1, 0.15) is 18.5 Å². The zero-order chi connectivity index (χ0) is 27.4. The lowest BCUT2D eigenvalue weighted by atomic mass is 9.89. The third-order valence-electron chi connectivity index (χ3n) is 6.65. The number of carboxylic acid groups (broad SMARTS) is 1. The quantitative estimate of drug-likeness (QED) is 0.264. The number of aromatic nitrogens is 1. The van der Waals surface area contributed by atoms with Gasteiger partial charge in [-0.05, 0) is 56.7 Å². The van der Waals surface area contributed by atoms with Crippen molar-refractivity contribution in [1.82, 2.24) is 15.2 Å². The van der Waals surface area contributed by atoms with E-state index >= 15 is 0 Å². The number of hydrogen-bond acceptors (Lipinski definition) is 6. The first-order valence-corrected chi connectivity index (χ1v) is 12.9. The smallest absolute Gasteiger partial charge is 0.326 e. The van der Waals surface area contributed by atoms with E-state index in [1.165, 1.54) is 26.5 Å². The molecule has 2 rings (SSSR count). The largest absolute Gasteiger partial charge is 0.480 e. The third-order valence-corrected chi connectivity index (χ3v) is 6.65. The molecular formula is C26H41F3N4O4. The van der Waals surface area contributed by atoms with Gasteiger partial charge < -0.3 is 25.4 Å². The average Bonchev–Trinajstić information content (AvgIpc) is 2.86. The predicted molar refractivity (Wildman–Crippen MR) is 136 cm³/mol. The van der Waals surface area contributed by atoms with Crippen LogP contribution in [0.1, 0.15) is 57.2 Å². The fourth-order valence-electron chi connectivity index (χ4n) is 4.22. The van der Waals surface area contributed by atoms with Crippen molar-refractivity contribution in [2.24, 2.45) is 5.41 Å². The molecule has 0 bridgehead atoms. The molecule has 1 aromatic heterocycles. The van der Waals surface area contributed by atoms with Gasteiger partial charge in [-0.2, -0.15) is 0 Å². The van der Waals surface area contributed by atoms with Crippen molar-refractivity contribution in [1.29, 1.82) is 0 Å². The molecule has 8 nitrogen and oxygen atoms in total. The minimum absolute atomic E-state index is 0.0525. The highest BCUT2D eigenvalue weighted by Gasteiger charge is 2.33. The number of carbonyl (C=O) groups is 2. The van der Waals surface area contributed by atoms with Gasteiger partial charge >= 0.3 is 5.97 Å². The maximum Gasteiger partial charge on any atom is 0.326 e. The summed E-state index contributed by atoms with van der Waals surface area (Å²) in [5.74, 6) is -1.03. The number of nitrogens with zero attached hydrogens (tertiary/aromatic N) is 2. The van der Waals surface area contributed by atoms with Crippen molar-refractivity contribution in [3.8, 4) is 0 Å². The number of amides is 1. The predicted octanol–water partition coefficient (Wildman–Crippen LogP) is 3.69. The van der Waals surface area contributed by atoms with E-state index in [2.05, 4.69) is 16.7 Å². The van der Waals surface area contributed by atoms with Crippen LogP contribution in [-0.2, 0) is 27.2 Å². The lowest BCUT2D eigenvalue weighted by molar-refractivity contribution is -0.142. The molecule has 37 heavy (non-hydrogen) atoms. The molecule has 1 amide bonds. The van der Waals surface area contributed by atoms with Gasteiger partial charge in [0.15, 0.2) is 0 Å². The molecule has 0 fully saturated rings. The molecule has 0 saturated carbocycles. The Morgan fingerprint density at radius 3 is 2.68 bits per heavy atom. The standard InChI is InChI=1S/C26H41F3N4O4/c1-26(2,25(28)29)15-22(34)32-21(24(35)36)11-14-33(17-20(16-27)37-3)13-5-4-8-19-10-9-18-7-6-12-30-23(18)31-19/h9-10,20-21,25H,4-8,11-17H2,1-3H3,(H,30,31)(H,32,34)(H,35,36). The lowest BCUT2D eigenvalue weighted by Crippen LogP contribution is -2.45. The van der Waals surface area contributed by atoms with Gasteiger partial charge in [-0.3, -0.25) is 4.79 Å². The van der Waals surface area contributed by atoms with Crippen molar-refractivity contribution in [3.05, 3.63) is 23.4 Å². The van der Waals surface area contributed by atoms with Crippen molar-refractivity contribution >= 4 is 17.7 Å². The molecule has 1 aliphatic heterocycles. The number of unbranched alkanes of at least 4 members (excludes halogenated alkanes) is 1. The number of hydrogen-bond donors (Lipinski definition) is 3. The minimum Gasteiger partial charge on any atom is -0.480 e. The molecule has 0 radical (unpaired) electrons. The minimum atomic E-state index is -2.71. The molecule has 210 valence electrons. The van der Waals surface area contributed by atoms with E-state index in [1.54, 1.807) is 0 Å². The summed E-state index contributed by atoms with van der Waals surface area (Å²) in [7, 11) is 1.42. The molecule has 0 spiro atoms. The van der Waals surface area contributed by atoms with E-state index in [4.69, 9.17) is 9.72 Å². The summed E-state index contributed by atoms with van der Waals surface area (Å²) in [5.41, 5.74) is 0.670. The summed E-state index contributed by atoms with van der Waals surface area (Å²) in [6, 6.07) is 2.92. The lowest BCUT2D eigenvalue weighted by Gasteiger charge is -2.28. The fourth-order valence-corrected chi connectivity index (χ4v) is 4.22. The SMILES string of the molecule is COC(CF)CN(CCCCc1ccc2c(n1)NCCC2)CCC(NC(=O)CC(C)(C)C(F)F)C(=O)O. The number of ether oxygens (including phenoxy) is 1. The molecular weight excluding hydrogens is 489 g/mol. The highest BCUT2D eigenvalue weighted by Crippen LogP contribution is 2.28. The van der Waals surface area contributed by atoms with Crippen LogP contribution < -0.4 is 10.6 Å². The molecule has 3 N–H and O–H groups in total. The molecule has 1 aromatic rings. The third kappa shape index (κ3) is 10.5. The fraction of sp³-hybridized carbons (Fsp3) is 0.731. The zero-order valence-corrected chi connectivity index (χ0v) is 22.1. The molecule has 2 unspecified atom stereocenters. The number of aliphatic carboxylic acids is 1. The number of anilines is 1. The number of alkyl halides is 3. The topological polar surface area (TPSA) is 104 Å². The molecule has 2 heterocycles. The molecule has 2 atom stereocenters. The van der Waals surface area contributed by atoms with Crippen molar-refractivity contribution in [2.75, 3.05) is 45.3 Å². The Kier molecular flexibility index (Phi) is 12.6. The van der Waals surface area contributed by atoms with Gasteiger partial charge in [-0.25, -0.2) is 22.9 Å². The Morgan fingerprint density at radius 2 is 2.03 bits per heavy atom. The average molecular weight is 531 g/mol. The summed E-state index contributed by atoms with van der Waals surface area (Å²) in [6.45, 7) is 3.89. The van der Waals surface area contributed by atoms with Crippen LogP contribution >= 0.6 is 0 Å². The van der Waals surface area contributed by atoms with Crippen molar-refractivity contribution in [3.63, 3.8) is 0 Å². The first-order chi connectivity index (χ1) is 17.6. The second-order valence-electron chi connectivity index (χ2n) is 10.3. The molecule has 11 heteroatoms. The summed E-state index contributed by atoms with van der Waals surface area (Å²) < 4.78 is 44.7. The Bertz CT molecular complexity index is 868. The molecule has 1 aliphatic rings. The van der Waals surface area contributed by atoms with Gasteiger partial charge in [0.2, 0.25) is 12.3 Å². The number of carbonyl (C=O) groups excluding carboxylic acids is 1. The summed E-state index contributed by atoms with van der Waals surface area (Å²) in [6.07, 6.45) is 0.739. The number of carboxylic acids is 1. The van der Waals surface area contributed by atoms with E-state index in [1.807, 2.05) is 11.0 Å².